The molecule has 2 amide bonds. The highest BCUT2D eigenvalue weighted by Crippen LogP contribution is 2.44. The number of aliphatic carboxylic acids is 1. The van der Waals surface area contributed by atoms with Crippen molar-refractivity contribution in [2.45, 2.75) is 38.2 Å². The summed E-state index contributed by atoms with van der Waals surface area (Å²) in [5.74, 6) is -7.93. The van der Waals surface area contributed by atoms with Gasteiger partial charge in [0.15, 0.2) is 0 Å². The third-order valence-electron chi connectivity index (χ3n) is 5.91. The van der Waals surface area contributed by atoms with Crippen LogP contribution in [0.25, 0.3) is 11.1 Å². The minimum atomic E-state index is -4.11. The van der Waals surface area contributed by atoms with Crippen LogP contribution in [0.15, 0.2) is 48.5 Å². The predicted octanol–water partition coefficient (Wildman–Crippen LogP) is 3.78. The summed E-state index contributed by atoms with van der Waals surface area (Å²) in [7, 11) is 0. The van der Waals surface area contributed by atoms with Crippen molar-refractivity contribution >= 4 is 18.0 Å². The maximum atomic E-state index is 13.3. The normalized spacial score (nSPS) is 14.5. The molecule has 1 aliphatic carbocycles. The quantitative estimate of drug-likeness (QED) is 0.528. The molecule has 0 aliphatic heterocycles. The molecule has 0 spiro atoms. The van der Waals surface area contributed by atoms with Crippen LogP contribution in [0.2, 0.25) is 0 Å². The first-order valence-corrected chi connectivity index (χ1v) is 10.7. The summed E-state index contributed by atoms with van der Waals surface area (Å²) < 4.78 is 32.1. The molecule has 0 bridgehead atoms. The molecular weight excluding hydrogens is 434 g/mol. The fraction of sp³-hybridized carbons (Fsp3) is 0.375. The molecule has 176 valence electrons. The van der Waals surface area contributed by atoms with E-state index in [1.165, 1.54) is 0 Å². The topological polar surface area (TPSA) is 105 Å². The molecule has 2 unspecified atom stereocenters. The van der Waals surface area contributed by atoms with Gasteiger partial charge in [0.05, 0.1) is 6.54 Å². The van der Waals surface area contributed by atoms with Crippen molar-refractivity contribution in [3.05, 3.63) is 59.7 Å². The lowest BCUT2D eigenvalue weighted by atomic mass is 9.98. The maximum absolute atomic E-state index is 13.3. The fourth-order valence-electron chi connectivity index (χ4n) is 3.85. The van der Waals surface area contributed by atoms with Crippen LogP contribution in [0.3, 0.4) is 0 Å². The van der Waals surface area contributed by atoms with Gasteiger partial charge in [-0.1, -0.05) is 68.8 Å². The Balaban J connectivity index is 1.65. The van der Waals surface area contributed by atoms with Crippen LogP contribution in [0.5, 0.6) is 0 Å². The number of carboxylic acid groups (broad SMARTS) is 1. The number of carbonyl (C=O) groups is 3. The van der Waals surface area contributed by atoms with Gasteiger partial charge in [0.25, 0.3) is 0 Å². The van der Waals surface area contributed by atoms with Crippen molar-refractivity contribution in [1.29, 1.82) is 0 Å². The highest BCUT2D eigenvalue weighted by molar-refractivity contribution is 5.87. The zero-order chi connectivity index (χ0) is 24.2. The number of rotatable bonds is 9. The summed E-state index contributed by atoms with van der Waals surface area (Å²) in [5, 5.41) is 12.9. The molecular formula is C24H26F2N2O5. The number of amides is 2. The Hall–Kier alpha value is -3.49. The molecule has 2 atom stereocenters. The number of alkyl carbamates (subject to hydrolysis) is 1. The third kappa shape index (κ3) is 5.30. The smallest absolute Gasteiger partial charge is 0.407 e. The summed E-state index contributed by atoms with van der Waals surface area (Å²) in [4.78, 5) is 35.5. The van der Waals surface area contributed by atoms with Gasteiger partial charge in [-0.2, -0.15) is 8.78 Å². The fourth-order valence-corrected chi connectivity index (χ4v) is 3.85. The van der Waals surface area contributed by atoms with Crippen LogP contribution < -0.4 is 10.6 Å². The van der Waals surface area contributed by atoms with Crippen molar-refractivity contribution < 1.29 is 33.0 Å². The van der Waals surface area contributed by atoms with Crippen LogP contribution in [0, 0.1) is 5.92 Å². The molecule has 1 aliphatic rings. The summed E-state index contributed by atoms with van der Waals surface area (Å²) in [6.07, 6.45) is -0.390. The zero-order valence-electron chi connectivity index (χ0n) is 18.3. The molecule has 0 saturated heterocycles. The van der Waals surface area contributed by atoms with E-state index in [1.54, 1.807) is 13.8 Å². The highest BCUT2D eigenvalue weighted by atomic mass is 19.3. The monoisotopic (exact) mass is 460 g/mol. The van der Waals surface area contributed by atoms with E-state index in [-0.39, 0.29) is 12.5 Å². The van der Waals surface area contributed by atoms with Crippen LogP contribution in [0.4, 0.5) is 13.6 Å². The molecule has 2 aromatic carbocycles. The van der Waals surface area contributed by atoms with Crippen molar-refractivity contribution in [1.82, 2.24) is 10.6 Å². The van der Waals surface area contributed by atoms with Gasteiger partial charge in [0, 0.05) is 5.92 Å². The number of nitrogens with one attached hydrogen (secondary N) is 2. The minimum Gasteiger partial charge on any atom is -0.477 e. The van der Waals surface area contributed by atoms with Gasteiger partial charge in [0.1, 0.15) is 12.6 Å². The van der Waals surface area contributed by atoms with Crippen LogP contribution in [0.1, 0.15) is 37.3 Å². The van der Waals surface area contributed by atoms with E-state index >= 15 is 0 Å². The van der Waals surface area contributed by atoms with Gasteiger partial charge in [0.2, 0.25) is 5.91 Å². The van der Waals surface area contributed by atoms with Gasteiger partial charge in [-0.25, -0.2) is 9.59 Å². The predicted molar refractivity (Wildman–Crippen MR) is 117 cm³/mol. The molecule has 7 nitrogen and oxygen atoms in total. The Kier molecular flexibility index (Phi) is 7.30. The molecule has 0 saturated carbocycles. The number of hydrogen-bond donors (Lipinski definition) is 3. The van der Waals surface area contributed by atoms with Crippen molar-refractivity contribution in [3.8, 4) is 11.1 Å². The number of fused-ring (bicyclic) bond motifs is 3. The number of alkyl halides is 2. The summed E-state index contributed by atoms with van der Waals surface area (Å²) >= 11 is 0. The van der Waals surface area contributed by atoms with Crippen LogP contribution >= 0.6 is 0 Å². The number of benzene rings is 2. The molecule has 0 radical (unpaired) electrons. The Morgan fingerprint density at radius 1 is 1.06 bits per heavy atom. The van der Waals surface area contributed by atoms with Crippen LogP contribution in [-0.4, -0.2) is 48.2 Å². The first kappa shape index (κ1) is 24.2. The zero-order valence-corrected chi connectivity index (χ0v) is 18.3. The van der Waals surface area contributed by atoms with Crippen molar-refractivity contribution in [2.75, 3.05) is 13.2 Å². The standard InChI is InChI=1S/C24H26F2N2O5/c1-3-14(2)20(21(29)27-13-24(25,26)22(30)31)28-23(32)33-12-19-17-10-6-4-8-15(17)16-9-5-7-11-18(16)19/h4-11,14,19-20H,3,12-13H2,1-2H3,(H,27,29)(H,28,32)(H,30,31). The SMILES string of the molecule is CCC(C)C(NC(=O)OCC1c2ccccc2-c2ccccc21)C(=O)NCC(F)(F)C(=O)O. The molecule has 9 heteroatoms. The van der Waals surface area contributed by atoms with E-state index in [2.05, 4.69) is 5.32 Å². The Morgan fingerprint density at radius 3 is 2.12 bits per heavy atom. The number of carboxylic acids is 1. The van der Waals surface area contributed by atoms with Gasteiger partial charge in [-0.15, -0.1) is 0 Å². The molecule has 3 rings (SSSR count). The van der Waals surface area contributed by atoms with E-state index in [1.807, 2.05) is 53.8 Å². The Labute approximate surface area is 190 Å². The summed E-state index contributed by atoms with van der Waals surface area (Å²) in [6, 6.07) is 14.5. The van der Waals surface area contributed by atoms with Crippen LogP contribution in [-0.2, 0) is 14.3 Å². The minimum absolute atomic E-state index is 0.0335. The average Bonchev–Trinajstić information content (AvgIpc) is 3.13. The van der Waals surface area contributed by atoms with Gasteiger partial charge >= 0.3 is 18.0 Å². The Morgan fingerprint density at radius 2 is 1.61 bits per heavy atom. The van der Waals surface area contributed by atoms with E-state index in [4.69, 9.17) is 9.84 Å². The molecule has 0 fully saturated rings. The third-order valence-corrected chi connectivity index (χ3v) is 5.91. The summed E-state index contributed by atoms with van der Waals surface area (Å²) in [6.45, 7) is 2.10. The van der Waals surface area contributed by atoms with E-state index in [0.29, 0.717) is 6.42 Å². The molecule has 0 heterocycles. The summed E-state index contributed by atoms with van der Waals surface area (Å²) in [5.41, 5.74) is 4.19. The number of carbonyl (C=O) groups excluding carboxylic acids is 2. The maximum Gasteiger partial charge on any atom is 0.407 e. The van der Waals surface area contributed by atoms with Gasteiger partial charge in [-0.3, -0.25) is 4.79 Å². The highest BCUT2D eigenvalue weighted by Gasteiger charge is 2.40. The second-order valence-electron chi connectivity index (χ2n) is 8.06. The lowest BCUT2D eigenvalue weighted by molar-refractivity contribution is -0.164. The van der Waals surface area contributed by atoms with Gasteiger partial charge < -0.3 is 20.5 Å². The number of hydrogen-bond acceptors (Lipinski definition) is 4. The lowest BCUT2D eigenvalue weighted by Crippen LogP contribution is -2.53. The largest absolute Gasteiger partial charge is 0.477 e. The molecule has 0 aromatic heterocycles. The molecule has 2 aromatic rings. The molecule has 3 N–H and O–H groups in total. The second-order valence-corrected chi connectivity index (χ2v) is 8.06. The number of ether oxygens (including phenoxy) is 1. The van der Waals surface area contributed by atoms with E-state index in [0.717, 1.165) is 22.3 Å². The lowest BCUT2D eigenvalue weighted by Gasteiger charge is -2.24. The van der Waals surface area contributed by atoms with Gasteiger partial charge in [-0.05, 0) is 28.2 Å². The first-order chi connectivity index (χ1) is 15.7. The van der Waals surface area contributed by atoms with Crippen molar-refractivity contribution in [3.63, 3.8) is 0 Å². The van der Waals surface area contributed by atoms with E-state index in [9.17, 15) is 23.2 Å². The average molecular weight is 460 g/mol. The number of halogens is 2. The second kappa shape index (κ2) is 9.97. The Bertz CT molecular complexity index is 998. The first-order valence-electron chi connectivity index (χ1n) is 10.7. The van der Waals surface area contributed by atoms with Crippen molar-refractivity contribution in [2.24, 2.45) is 5.92 Å². The van der Waals surface area contributed by atoms with E-state index < -0.39 is 42.4 Å². The molecule has 33 heavy (non-hydrogen) atoms.